The fraction of sp³-hybridized carbons (Fsp3) is 0.681. The Labute approximate surface area is 325 Å². The predicted octanol–water partition coefficient (Wildman–Crippen LogP) is 13.5. The lowest BCUT2D eigenvalue weighted by Gasteiger charge is -2.18. The third kappa shape index (κ3) is 39.9. The van der Waals surface area contributed by atoms with Crippen molar-refractivity contribution in [3.05, 3.63) is 72.9 Å². The van der Waals surface area contributed by atoms with Crippen molar-refractivity contribution >= 4 is 17.9 Å². The van der Waals surface area contributed by atoms with Gasteiger partial charge in [0, 0.05) is 19.3 Å². The minimum Gasteiger partial charge on any atom is -0.462 e. The number of hydrogen-bond donors (Lipinski definition) is 0. The minimum absolute atomic E-state index is 0.0951. The lowest BCUT2D eigenvalue weighted by atomic mass is 10.1. The fourth-order valence-corrected chi connectivity index (χ4v) is 5.47. The van der Waals surface area contributed by atoms with Crippen molar-refractivity contribution < 1.29 is 28.6 Å². The first kappa shape index (κ1) is 49.9. The number of esters is 3. The van der Waals surface area contributed by atoms with E-state index in [1.807, 2.05) is 0 Å². The van der Waals surface area contributed by atoms with Crippen LogP contribution in [0.4, 0.5) is 0 Å². The molecule has 6 nitrogen and oxygen atoms in total. The summed E-state index contributed by atoms with van der Waals surface area (Å²) >= 11 is 0. The summed E-state index contributed by atoms with van der Waals surface area (Å²) in [7, 11) is 0. The molecule has 0 amide bonds. The molecular formula is C47H78O6. The van der Waals surface area contributed by atoms with Gasteiger partial charge in [0.05, 0.1) is 0 Å². The first-order valence-corrected chi connectivity index (χ1v) is 21.4. The molecule has 0 saturated heterocycles. The van der Waals surface area contributed by atoms with Crippen LogP contribution in [-0.4, -0.2) is 37.2 Å². The van der Waals surface area contributed by atoms with E-state index < -0.39 is 6.10 Å². The molecular weight excluding hydrogens is 661 g/mol. The first-order valence-electron chi connectivity index (χ1n) is 21.4. The van der Waals surface area contributed by atoms with E-state index in [4.69, 9.17) is 14.2 Å². The van der Waals surface area contributed by atoms with Gasteiger partial charge in [-0.1, -0.05) is 158 Å². The molecule has 0 bridgehead atoms. The highest BCUT2D eigenvalue weighted by atomic mass is 16.6. The van der Waals surface area contributed by atoms with Gasteiger partial charge in [-0.3, -0.25) is 14.4 Å². The number of allylic oxidation sites excluding steroid dienone is 12. The normalized spacial score (nSPS) is 12.7. The quantitative estimate of drug-likeness (QED) is 0.0273. The minimum atomic E-state index is -0.794. The summed E-state index contributed by atoms with van der Waals surface area (Å²) in [5.74, 6) is -0.968. The zero-order valence-corrected chi connectivity index (χ0v) is 34.3. The standard InChI is InChI=1S/C47H78O6/c1-4-7-10-13-16-18-20-22-23-25-26-28-31-34-37-40-46(49)52-43-44(42-51-45(48)39-36-33-30-15-12-9-6-3)53-47(50)41-38-35-32-29-27-24-21-19-17-14-11-8-5-2/h7,10-11,14,16,18-19,21-23,26,28,44H,4-6,8-9,12-13,15,17,20,24-25,27,29-43H2,1-3H3/b10-7-,14-11-,18-16-,21-19-,23-22-,28-26-. The predicted molar refractivity (Wildman–Crippen MR) is 224 cm³/mol. The van der Waals surface area contributed by atoms with E-state index in [0.717, 1.165) is 116 Å². The van der Waals surface area contributed by atoms with Gasteiger partial charge in [0.1, 0.15) is 13.2 Å². The summed E-state index contributed by atoms with van der Waals surface area (Å²) in [6, 6.07) is 0. The van der Waals surface area contributed by atoms with Crippen molar-refractivity contribution in [3.8, 4) is 0 Å². The van der Waals surface area contributed by atoms with Crippen molar-refractivity contribution in [1.29, 1.82) is 0 Å². The zero-order valence-electron chi connectivity index (χ0n) is 34.3. The Morgan fingerprint density at radius 3 is 1.26 bits per heavy atom. The Morgan fingerprint density at radius 1 is 0.396 bits per heavy atom. The summed E-state index contributed by atoms with van der Waals surface area (Å²) in [6.07, 6.45) is 50.4. The molecule has 0 aliphatic heterocycles. The lowest BCUT2D eigenvalue weighted by molar-refractivity contribution is -0.167. The van der Waals surface area contributed by atoms with Crippen molar-refractivity contribution in [2.75, 3.05) is 13.2 Å². The van der Waals surface area contributed by atoms with Crippen LogP contribution in [0.25, 0.3) is 0 Å². The first-order chi connectivity index (χ1) is 26.0. The molecule has 0 rings (SSSR count). The molecule has 0 aliphatic rings. The fourth-order valence-electron chi connectivity index (χ4n) is 5.47. The molecule has 0 fully saturated rings. The van der Waals surface area contributed by atoms with E-state index >= 15 is 0 Å². The van der Waals surface area contributed by atoms with Crippen LogP contribution in [0.5, 0.6) is 0 Å². The van der Waals surface area contributed by atoms with Crippen LogP contribution in [0.3, 0.4) is 0 Å². The smallest absolute Gasteiger partial charge is 0.306 e. The molecule has 0 N–H and O–H groups in total. The maximum atomic E-state index is 12.7. The topological polar surface area (TPSA) is 78.9 Å². The summed E-state index contributed by atoms with van der Waals surface area (Å²) in [5, 5.41) is 0. The molecule has 0 saturated carbocycles. The highest BCUT2D eigenvalue weighted by molar-refractivity contribution is 5.71. The van der Waals surface area contributed by atoms with E-state index in [2.05, 4.69) is 93.7 Å². The van der Waals surface area contributed by atoms with Gasteiger partial charge in [-0.25, -0.2) is 0 Å². The average molecular weight is 739 g/mol. The van der Waals surface area contributed by atoms with Gasteiger partial charge < -0.3 is 14.2 Å². The molecule has 0 aromatic carbocycles. The molecule has 0 spiro atoms. The highest BCUT2D eigenvalue weighted by Gasteiger charge is 2.19. The van der Waals surface area contributed by atoms with E-state index in [1.54, 1.807) is 0 Å². The molecule has 302 valence electrons. The second-order valence-corrected chi connectivity index (χ2v) is 13.9. The highest BCUT2D eigenvalue weighted by Crippen LogP contribution is 2.12. The second kappa shape index (κ2) is 41.6. The van der Waals surface area contributed by atoms with E-state index in [-0.39, 0.29) is 31.1 Å². The number of unbranched alkanes of at least 4 members (excludes halogenated alkanes) is 14. The van der Waals surface area contributed by atoms with Gasteiger partial charge in [-0.2, -0.15) is 0 Å². The van der Waals surface area contributed by atoms with Crippen molar-refractivity contribution in [2.24, 2.45) is 0 Å². The number of carbonyl (C=O) groups excluding carboxylic acids is 3. The molecule has 1 unspecified atom stereocenters. The third-order valence-corrected chi connectivity index (χ3v) is 8.68. The molecule has 0 radical (unpaired) electrons. The number of hydrogen-bond acceptors (Lipinski definition) is 6. The van der Waals surface area contributed by atoms with Crippen LogP contribution < -0.4 is 0 Å². The molecule has 53 heavy (non-hydrogen) atoms. The Balaban J connectivity index is 4.44. The van der Waals surface area contributed by atoms with Gasteiger partial charge in [0.15, 0.2) is 6.10 Å². The second-order valence-electron chi connectivity index (χ2n) is 13.9. The number of ether oxygens (including phenoxy) is 3. The Morgan fingerprint density at radius 2 is 0.774 bits per heavy atom. The largest absolute Gasteiger partial charge is 0.462 e. The monoisotopic (exact) mass is 739 g/mol. The Bertz CT molecular complexity index is 1030. The van der Waals surface area contributed by atoms with Gasteiger partial charge in [-0.05, 0) is 83.5 Å². The van der Waals surface area contributed by atoms with Gasteiger partial charge in [0.25, 0.3) is 0 Å². The van der Waals surface area contributed by atoms with Crippen LogP contribution in [0.2, 0.25) is 0 Å². The van der Waals surface area contributed by atoms with Crippen molar-refractivity contribution in [2.45, 2.75) is 194 Å². The van der Waals surface area contributed by atoms with E-state index in [1.165, 1.54) is 32.1 Å². The average Bonchev–Trinajstić information content (AvgIpc) is 3.15. The Kier molecular flexibility index (Phi) is 39.1. The van der Waals surface area contributed by atoms with Crippen LogP contribution in [0.1, 0.15) is 188 Å². The summed E-state index contributed by atoms with van der Waals surface area (Å²) in [6.45, 7) is 6.34. The Hall–Kier alpha value is -3.15. The van der Waals surface area contributed by atoms with Crippen LogP contribution in [-0.2, 0) is 28.6 Å². The van der Waals surface area contributed by atoms with Gasteiger partial charge in [0.2, 0.25) is 0 Å². The molecule has 0 aromatic heterocycles. The van der Waals surface area contributed by atoms with E-state index in [9.17, 15) is 14.4 Å². The van der Waals surface area contributed by atoms with Crippen LogP contribution in [0.15, 0.2) is 72.9 Å². The summed E-state index contributed by atoms with van der Waals surface area (Å²) < 4.78 is 16.6. The molecule has 0 aliphatic carbocycles. The van der Waals surface area contributed by atoms with Gasteiger partial charge >= 0.3 is 17.9 Å². The third-order valence-electron chi connectivity index (χ3n) is 8.68. The number of carbonyl (C=O) groups is 3. The molecule has 0 aromatic rings. The zero-order chi connectivity index (χ0) is 38.7. The number of rotatable bonds is 37. The van der Waals surface area contributed by atoms with Gasteiger partial charge in [-0.15, -0.1) is 0 Å². The SMILES string of the molecule is CC/C=C\C/C=C\C/C=C\C/C=C\CCCCC(=O)OCC(COC(=O)CCCCCCCCC)OC(=O)CCCCCCC/C=C\C/C=C\CCC. The summed E-state index contributed by atoms with van der Waals surface area (Å²) in [4.78, 5) is 37.5. The van der Waals surface area contributed by atoms with E-state index in [0.29, 0.717) is 19.3 Å². The molecule has 1 atom stereocenters. The maximum absolute atomic E-state index is 12.7. The van der Waals surface area contributed by atoms with Crippen LogP contribution in [0, 0.1) is 0 Å². The van der Waals surface area contributed by atoms with Crippen LogP contribution >= 0.6 is 0 Å². The molecule has 0 heterocycles. The lowest BCUT2D eigenvalue weighted by Crippen LogP contribution is -2.30. The molecule has 6 heteroatoms. The maximum Gasteiger partial charge on any atom is 0.306 e. The van der Waals surface area contributed by atoms with Crippen molar-refractivity contribution in [1.82, 2.24) is 0 Å². The van der Waals surface area contributed by atoms with Crippen molar-refractivity contribution in [3.63, 3.8) is 0 Å². The summed E-state index contributed by atoms with van der Waals surface area (Å²) in [5.41, 5.74) is 0.